The minimum Gasteiger partial charge on any atom is -0.346 e. The van der Waals surface area contributed by atoms with Crippen LogP contribution in [-0.4, -0.2) is 31.7 Å². The topological polar surface area (TPSA) is 66.5 Å². The monoisotopic (exact) mass is 414 g/mol. The van der Waals surface area contributed by atoms with Gasteiger partial charge in [0, 0.05) is 18.7 Å². The molecule has 0 aliphatic carbocycles. The average Bonchev–Trinajstić information content (AvgIpc) is 2.74. The predicted octanol–water partition coefficient (Wildman–Crippen LogP) is 4.16. The fraction of sp³-hybridized carbons (Fsp3) is 0.435. The van der Waals surface area contributed by atoms with Gasteiger partial charge < -0.3 is 5.32 Å². The molecule has 1 atom stereocenters. The Kier molecular flexibility index (Phi) is 6.75. The largest absolute Gasteiger partial charge is 0.346 e. The molecule has 1 amide bonds. The average molecular weight is 415 g/mol. The summed E-state index contributed by atoms with van der Waals surface area (Å²) in [5.41, 5.74) is 2.62. The third-order valence-electron chi connectivity index (χ3n) is 5.71. The number of rotatable bonds is 6. The van der Waals surface area contributed by atoms with Gasteiger partial charge in [0.05, 0.1) is 10.9 Å². The van der Waals surface area contributed by atoms with E-state index in [4.69, 9.17) is 0 Å². The van der Waals surface area contributed by atoms with Crippen LogP contribution in [-0.2, 0) is 16.4 Å². The fourth-order valence-electron chi connectivity index (χ4n) is 3.58. The lowest BCUT2D eigenvalue weighted by atomic mass is 10.0. The number of nitrogens with zero attached hydrogens (tertiary/aromatic N) is 1. The first-order chi connectivity index (χ1) is 13.8. The molecule has 5 nitrogen and oxygen atoms in total. The van der Waals surface area contributed by atoms with Crippen LogP contribution in [0.15, 0.2) is 53.4 Å². The number of carbonyl (C=O) groups excluding carboxylic acids is 1. The number of benzene rings is 2. The van der Waals surface area contributed by atoms with E-state index >= 15 is 0 Å². The van der Waals surface area contributed by atoms with Crippen molar-refractivity contribution >= 4 is 15.9 Å². The molecule has 0 aromatic heterocycles. The summed E-state index contributed by atoms with van der Waals surface area (Å²) in [7, 11) is -3.58. The van der Waals surface area contributed by atoms with E-state index in [0.717, 1.165) is 24.8 Å². The maximum Gasteiger partial charge on any atom is 0.251 e. The van der Waals surface area contributed by atoms with E-state index in [1.807, 2.05) is 19.1 Å². The Morgan fingerprint density at radius 2 is 1.79 bits per heavy atom. The van der Waals surface area contributed by atoms with Crippen LogP contribution in [0, 0.1) is 5.92 Å². The third kappa shape index (κ3) is 5.06. The normalized spacial score (nSPS) is 17.1. The van der Waals surface area contributed by atoms with Crippen molar-refractivity contribution in [2.75, 3.05) is 13.1 Å². The lowest BCUT2D eigenvalue weighted by Gasteiger charge is -2.29. The summed E-state index contributed by atoms with van der Waals surface area (Å²) in [6.07, 6.45) is 2.71. The highest BCUT2D eigenvalue weighted by Gasteiger charge is 2.28. The van der Waals surface area contributed by atoms with Gasteiger partial charge in [0.2, 0.25) is 10.0 Å². The lowest BCUT2D eigenvalue weighted by Crippen LogP contribution is -2.38. The summed E-state index contributed by atoms with van der Waals surface area (Å²) in [5.74, 6) is 0.271. The Morgan fingerprint density at radius 3 is 2.41 bits per heavy atom. The number of sulfonamides is 1. The first-order valence-corrected chi connectivity index (χ1v) is 11.7. The number of carbonyl (C=O) groups is 1. The quantitative estimate of drug-likeness (QED) is 0.772. The van der Waals surface area contributed by atoms with Crippen LogP contribution in [0.2, 0.25) is 0 Å². The van der Waals surface area contributed by atoms with E-state index in [-0.39, 0.29) is 16.8 Å². The van der Waals surface area contributed by atoms with E-state index < -0.39 is 10.0 Å². The highest BCUT2D eigenvalue weighted by Crippen LogP contribution is 2.24. The summed E-state index contributed by atoms with van der Waals surface area (Å²) in [6, 6.07) is 14.3. The number of nitrogens with one attached hydrogen (secondary N) is 1. The van der Waals surface area contributed by atoms with E-state index in [0.29, 0.717) is 24.6 Å². The smallest absolute Gasteiger partial charge is 0.251 e. The molecule has 1 aliphatic heterocycles. The molecule has 2 aromatic carbocycles. The Balaban J connectivity index is 1.73. The van der Waals surface area contributed by atoms with Crippen molar-refractivity contribution in [2.24, 2.45) is 5.92 Å². The van der Waals surface area contributed by atoms with E-state index in [9.17, 15) is 13.2 Å². The van der Waals surface area contributed by atoms with E-state index in [1.165, 1.54) is 15.9 Å². The number of amides is 1. The molecule has 3 rings (SSSR count). The maximum atomic E-state index is 13.0. The molecule has 29 heavy (non-hydrogen) atoms. The van der Waals surface area contributed by atoms with Crippen molar-refractivity contribution in [3.05, 3.63) is 65.2 Å². The summed E-state index contributed by atoms with van der Waals surface area (Å²) in [6.45, 7) is 7.24. The maximum absolute atomic E-state index is 13.0. The fourth-order valence-corrected chi connectivity index (χ4v) is 5.09. The molecule has 156 valence electrons. The molecule has 0 unspecified atom stereocenters. The van der Waals surface area contributed by atoms with E-state index in [1.54, 1.807) is 18.2 Å². The zero-order valence-electron chi connectivity index (χ0n) is 17.4. The molecular formula is C23H30N2O3S. The molecule has 1 N–H and O–H groups in total. The molecule has 1 heterocycles. The predicted molar refractivity (Wildman–Crippen MR) is 115 cm³/mol. The van der Waals surface area contributed by atoms with Crippen LogP contribution in [0.1, 0.15) is 61.1 Å². The molecule has 0 radical (unpaired) electrons. The first-order valence-electron chi connectivity index (χ1n) is 10.3. The van der Waals surface area contributed by atoms with Crippen molar-refractivity contribution < 1.29 is 13.2 Å². The van der Waals surface area contributed by atoms with Crippen molar-refractivity contribution in [3.63, 3.8) is 0 Å². The Labute approximate surface area is 174 Å². The second-order valence-electron chi connectivity index (χ2n) is 7.90. The summed E-state index contributed by atoms with van der Waals surface area (Å²) in [4.78, 5) is 12.9. The molecule has 1 aliphatic rings. The van der Waals surface area contributed by atoms with Gasteiger partial charge in [-0.3, -0.25) is 4.79 Å². The van der Waals surface area contributed by atoms with Crippen LogP contribution in [0.25, 0.3) is 0 Å². The van der Waals surface area contributed by atoms with Crippen molar-refractivity contribution in [2.45, 2.75) is 51.0 Å². The molecule has 1 saturated heterocycles. The van der Waals surface area contributed by atoms with Gasteiger partial charge in [-0.1, -0.05) is 44.2 Å². The number of hydrogen-bond donors (Lipinski definition) is 1. The Hall–Kier alpha value is -2.18. The summed E-state index contributed by atoms with van der Waals surface area (Å²) in [5, 5.41) is 2.97. The molecule has 0 bridgehead atoms. The minimum atomic E-state index is -3.58. The molecule has 0 spiro atoms. The van der Waals surface area contributed by atoms with Gasteiger partial charge in [-0.05, 0) is 61.4 Å². The summed E-state index contributed by atoms with van der Waals surface area (Å²) >= 11 is 0. The van der Waals surface area contributed by atoms with Gasteiger partial charge in [0.1, 0.15) is 0 Å². The zero-order chi connectivity index (χ0) is 21.0. The van der Waals surface area contributed by atoms with Crippen molar-refractivity contribution in [3.8, 4) is 0 Å². The second-order valence-corrected chi connectivity index (χ2v) is 9.84. The minimum absolute atomic E-state index is 0.169. The van der Waals surface area contributed by atoms with Crippen LogP contribution in [0.5, 0.6) is 0 Å². The second kappa shape index (κ2) is 9.09. The lowest BCUT2D eigenvalue weighted by molar-refractivity contribution is 0.0939. The van der Waals surface area contributed by atoms with Crippen molar-refractivity contribution in [1.82, 2.24) is 9.62 Å². The van der Waals surface area contributed by atoms with Crippen LogP contribution < -0.4 is 5.32 Å². The van der Waals surface area contributed by atoms with Gasteiger partial charge in [0.25, 0.3) is 5.91 Å². The standard InChI is InChI=1S/C23H30N2O3S/c1-4-19-8-10-20(11-9-19)18(3)24-23(26)21-6-5-7-22(16-21)29(27,28)25-14-12-17(2)13-15-25/h5-11,16-18H,4,12-15H2,1-3H3,(H,24,26)/t18-/m0/s1. The molecular weight excluding hydrogens is 384 g/mol. The SMILES string of the molecule is CCc1ccc([C@H](C)NC(=O)c2cccc(S(=O)(=O)N3CCC(C)CC3)c2)cc1. The van der Waals surface area contributed by atoms with Crippen LogP contribution in [0.4, 0.5) is 0 Å². The van der Waals surface area contributed by atoms with Crippen LogP contribution in [0.3, 0.4) is 0 Å². The van der Waals surface area contributed by atoms with Gasteiger partial charge in [0.15, 0.2) is 0 Å². The molecule has 0 saturated carbocycles. The molecule has 1 fully saturated rings. The van der Waals surface area contributed by atoms with Gasteiger partial charge in [-0.2, -0.15) is 4.31 Å². The van der Waals surface area contributed by atoms with Crippen LogP contribution >= 0.6 is 0 Å². The van der Waals surface area contributed by atoms with Gasteiger partial charge >= 0.3 is 0 Å². The highest BCUT2D eigenvalue weighted by atomic mass is 32.2. The number of piperidine rings is 1. The summed E-state index contributed by atoms with van der Waals surface area (Å²) < 4.78 is 27.5. The number of hydrogen-bond acceptors (Lipinski definition) is 3. The Bertz CT molecular complexity index is 946. The third-order valence-corrected chi connectivity index (χ3v) is 7.61. The van der Waals surface area contributed by atoms with Gasteiger partial charge in [-0.15, -0.1) is 0 Å². The Morgan fingerprint density at radius 1 is 1.14 bits per heavy atom. The molecule has 2 aromatic rings. The van der Waals surface area contributed by atoms with Gasteiger partial charge in [-0.25, -0.2) is 8.42 Å². The first kappa shape index (κ1) is 21.5. The number of aryl methyl sites for hydroxylation is 1. The van der Waals surface area contributed by atoms with Crippen molar-refractivity contribution in [1.29, 1.82) is 0 Å². The highest BCUT2D eigenvalue weighted by molar-refractivity contribution is 7.89. The van der Waals surface area contributed by atoms with E-state index in [2.05, 4.69) is 31.3 Å². The zero-order valence-corrected chi connectivity index (χ0v) is 18.2. The molecule has 6 heteroatoms.